The maximum absolute atomic E-state index is 11.4. The molecule has 0 aliphatic carbocycles. The van der Waals surface area contributed by atoms with Gasteiger partial charge in [0.2, 0.25) is 0 Å². The minimum absolute atomic E-state index is 0.000373. The van der Waals surface area contributed by atoms with Gasteiger partial charge in [-0.2, -0.15) is 0 Å². The van der Waals surface area contributed by atoms with Crippen molar-refractivity contribution in [3.63, 3.8) is 0 Å². The van der Waals surface area contributed by atoms with Crippen LogP contribution >= 0.6 is 0 Å². The van der Waals surface area contributed by atoms with E-state index in [1.54, 1.807) is 6.92 Å². The molecule has 0 aromatic carbocycles. The summed E-state index contributed by atoms with van der Waals surface area (Å²) in [7, 11) is 0. The lowest BCUT2D eigenvalue weighted by atomic mass is 10.3. The molecule has 0 atom stereocenters. The van der Waals surface area contributed by atoms with E-state index in [1.165, 1.54) is 22.8 Å². The average molecular weight is 205 g/mol. The summed E-state index contributed by atoms with van der Waals surface area (Å²) in [5, 5.41) is 8.85. The van der Waals surface area contributed by atoms with Gasteiger partial charge in [-0.3, -0.25) is 4.79 Å². The number of hydrogen-bond acceptors (Lipinski definition) is 2. The molecule has 1 rings (SSSR count). The van der Waals surface area contributed by atoms with Gasteiger partial charge in [-0.1, -0.05) is 6.07 Å². The van der Waals surface area contributed by atoms with E-state index in [0.717, 1.165) is 0 Å². The van der Waals surface area contributed by atoms with Crippen molar-refractivity contribution >= 4 is 5.97 Å². The zero-order valence-corrected chi connectivity index (χ0v) is 8.36. The molecule has 0 saturated carbocycles. The highest BCUT2D eigenvalue weighted by Gasteiger charge is 2.08. The van der Waals surface area contributed by atoms with Gasteiger partial charge < -0.3 is 9.67 Å². The van der Waals surface area contributed by atoms with Gasteiger partial charge in [0.25, 0.3) is 5.56 Å². The van der Waals surface area contributed by atoms with Crippen LogP contribution in [0.25, 0.3) is 0 Å². The molecule has 0 spiro atoms. The smallest absolute Gasteiger partial charge is 0.352 e. The van der Waals surface area contributed by atoms with E-state index in [1.807, 2.05) is 0 Å². The quantitative estimate of drug-likeness (QED) is 0.748. The number of pyridine rings is 1. The average Bonchev–Trinajstić information content (AvgIpc) is 2.20. The Kier molecular flexibility index (Phi) is 3.69. The molecule has 0 fully saturated rings. The fourth-order valence-electron chi connectivity index (χ4n) is 1.23. The van der Waals surface area contributed by atoms with E-state index in [4.69, 9.17) is 5.11 Å². The van der Waals surface area contributed by atoms with Crippen molar-refractivity contribution in [3.8, 4) is 11.8 Å². The first-order valence-corrected chi connectivity index (χ1v) is 4.49. The highest BCUT2D eigenvalue weighted by Crippen LogP contribution is 1.97. The van der Waals surface area contributed by atoms with Crippen LogP contribution in [-0.4, -0.2) is 15.6 Å². The molecule has 4 heteroatoms. The lowest BCUT2D eigenvalue weighted by Gasteiger charge is -2.06. The summed E-state index contributed by atoms with van der Waals surface area (Å²) in [6, 6.07) is 4.18. The van der Waals surface area contributed by atoms with E-state index < -0.39 is 5.97 Å². The number of hydrogen-bond donors (Lipinski definition) is 1. The minimum atomic E-state index is -1.10. The molecular weight excluding hydrogens is 194 g/mol. The zero-order valence-electron chi connectivity index (χ0n) is 8.36. The van der Waals surface area contributed by atoms with Crippen molar-refractivity contribution in [2.75, 3.05) is 0 Å². The topological polar surface area (TPSA) is 59.3 Å². The molecule has 1 N–H and O–H groups in total. The molecule has 0 aliphatic rings. The molecule has 0 aliphatic heterocycles. The summed E-state index contributed by atoms with van der Waals surface area (Å²) in [5.41, 5.74) is -0.312. The Balaban J connectivity index is 3.06. The summed E-state index contributed by atoms with van der Waals surface area (Å²) >= 11 is 0. The maximum atomic E-state index is 11.4. The SMILES string of the molecule is CC#CCCn1c(C(=O)O)cccc1=O. The van der Waals surface area contributed by atoms with Crippen molar-refractivity contribution in [3.05, 3.63) is 34.2 Å². The second-order valence-corrected chi connectivity index (χ2v) is 2.88. The Morgan fingerprint density at radius 1 is 1.53 bits per heavy atom. The molecule has 15 heavy (non-hydrogen) atoms. The lowest BCUT2D eigenvalue weighted by molar-refractivity contribution is 0.0683. The summed E-state index contributed by atoms with van der Waals surface area (Å²) in [6.07, 6.45) is 0.473. The summed E-state index contributed by atoms with van der Waals surface area (Å²) in [4.78, 5) is 22.2. The number of carboxylic acids is 1. The predicted octanol–water partition coefficient (Wildman–Crippen LogP) is 0.960. The van der Waals surface area contributed by atoms with E-state index in [2.05, 4.69) is 11.8 Å². The van der Waals surface area contributed by atoms with E-state index in [9.17, 15) is 9.59 Å². The van der Waals surface area contributed by atoms with E-state index in [-0.39, 0.29) is 11.3 Å². The van der Waals surface area contributed by atoms with Gasteiger partial charge in [-0.05, 0) is 13.0 Å². The van der Waals surface area contributed by atoms with Crippen molar-refractivity contribution in [2.24, 2.45) is 0 Å². The first-order valence-electron chi connectivity index (χ1n) is 4.49. The summed E-state index contributed by atoms with van der Waals surface area (Å²) in [5.74, 6) is 4.38. The minimum Gasteiger partial charge on any atom is -0.477 e. The molecule has 0 bridgehead atoms. The van der Waals surface area contributed by atoms with Gasteiger partial charge in [0.15, 0.2) is 0 Å². The van der Waals surface area contributed by atoms with Crippen LogP contribution in [0.3, 0.4) is 0 Å². The molecular formula is C11H11NO3. The molecule has 0 radical (unpaired) electrons. The van der Waals surface area contributed by atoms with Crippen LogP contribution in [0.4, 0.5) is 0 Å². The Morgan fingerprint density at radius 3 is 2.87 bits per heavy atom. The fourth-order valence-corrected chi connectivity index (χ4v) is 1.23. The van der Waals surface area contributed by atoms with Gasteiger partial charge in [0.05, 0.1) is 0 Å². The Bertz CT molecular complexity index is 477. The normalized spacial score (nSPS) is 9.13. The second-order valence-electron chi connectivity index (χ2n) is 2.88. The number of aromatic carboxylic acids is 1. The van der Waals surface area contributed by atoms with Gasteiger partial charge in [-0.25, -0.2) is 4.79 Å². The van der Waals surface area contributed by atoms with E-state index >= 15 is 0 Å². The molecule has 0 saturated heterocycles. The van der Waals surface area contributed by atoms with Crippen LogP contribution in [0.1, 0.15) is 23.8 Å². The monoisotopic (exact) mass is 205 g/mol. The van der Waals surface area contributed by atoms with Crippen LogP contribution in [0, 0.1) is 11.8 Å². The third kappa shape index (κ3) is 2.71. The molecule has 1 heterocycles. The van der Waals surface area contributed by atoms with Crippen LogP contribution in [0.2, 0.25) is 0 Å². The van der Waals surface area contributed by atoms with E-state index in [0.29, 0.717) is 13.0 Å². The van der Waals surface area contributed by atoms with Gasteiger partial charge in [0.1, 0.15) is 5.69 Å². The highest BCUT2D eigenvalue weighted by atomic mass is 16.4. The standard InChI is InChI=1S/C11H11NO3/c1-2-3-4-8-12-9(11(14)15)6-5-7-10(12)13/h5-7H,4,8H2,1H3,(H,14,15). The van der Waals surface area contributed by atoms with Crippen LogP contribution in [0.15, 0.2) is 23.0 Å². The number of rotatable bonds is 3. The van der Waals surface area contributed by atoms with Crippen molar-refractivity contribution < 1.29 is 9.90 Å². The second kappa shape index (κ2) is 5.01. The fraction of sp³-hybridized carbons (Fsp3) is 0.273. The predicted molar refractivity (Wildman–Crippen MR) is 55.7 cm³/mol. The lowest BCUT2D eigenvalue weighted by Crippen LogP contribution is -2.24. The summed E-state index contributed by atoms with van der Waals surface area (Å²) in [6.45, 7) is 2.01. The Morgan fingerprint density at radius 2 is 2.27 bits per heavy atom. The first-order chi connectivity index (χ1) is 7.16. The Hall–Kier alpha value is -2.02. The highest BCUT2D eigenvalue weighted by molar-refractivity contribution is 5.85. The number of carbonyl (C=O) groups is 1. The number of aromatic nitrogens is 1. The molecule has 1 aromatic heterocycles. The maximum Gasteiger partial charge on any atom is 0.352 e. The third-order valence-corrected chi connectivity index (χ3v) is 1.91. The number of carboxylic acid groups (broad SMARTS) is 1. The molecule has 4 nitrogen and oxygen atoms in total. The van der Waals surface area contributed by atoms with Gasteiger partial charge in [-0.15, -0.1) is 11.8 Å². The largest absolute Gasteiger partial charge is 0.477 e. The van der Waals surface area contributed by atoms with Crippen LogP contribution in [-0.2, 0) is 6.54 Å². The summed E-state index contributed by atoms with van der Waals surface area (Å²) < 4.78 is 1.21. The molecule has 0 unspecified atom stereocenters. The van der Waals surface area contributed by atoms with Gasteiger partial charge in [0, 0.05) is 19.0 Å². The zero-order chi connectivity index (χ0) is 11.3. The van der Waals surface area contributed by atoms with Crippen molar-refractivity contribution in [1.82, 2.24) is 4.57 Å². The molecule has 1 aromatic rings. The number of nitrogens with zero attached hydrogens (tertiary/aromatic N) is 1. The first kappa shape index (κ1) is 11.1. The van der Waals surface area contributed by atoms with Crippen molar-refractivity contribution in [1.29, 1.82) is 0 Å². The van der Waals surface area contributed by atoms with Crippen LogP contribution in [0.5, 0.6) is 0 Å². The third-order valence-electron chi connectivity index (χ3n) is 1.91. The molecule has 0 amide bonds. The van der Waals surface area contributed by atoms with Gasteiger partial charge >= 0.3 is 5.97 Å². The van der Waals surface area contributed by atoms with Crippen molar-refractivity contribution in [2.45, 2.75) is 19.9 Å². The van der Waals surface area contributed by atoms with Crippen LogP contribution < -0.4 is 5.56 Å². The molecule has 78 valence electrons. The Labute approximate surface area is 87.2 Å².